The lowest BCUT2D eigenvalue weighted by molar-refractivity contribution is -0.0430. The van der Waals surface area contributed by atoms with Gasteiger partial charge in [0.15, 0.2) is 0 Å². The molecule has 7 nitrogen and oxygen atoms in total. The largest absolute Gasteiger partial charge is 0.394 e. The average Bonchev–Trinajstić information content (AvgIpc) is 3.01. The first-order valence-corrected chi connectivity index (χ1v) is 6.83. The highest BCUT2D eigenvalue weighted by Crippen LogP contribution is 2.34. The summed E-state index contributed by atoms with van der Waals surface area (Å²) in [7, 11) is 0. The first kappa shape index (κ1) is 14.0. The molecule has 0 bridgehead atoms. The van der Waals surface area contributed by atoms with E-state index in [4.69, 9.17) is 10.5 Å². The molecule has 3 atom stereocenters. The van der Waals surface area contributed by atoms with E-state index in [1.807, 2.05) is 29.8 Å². The van der Waals surface area contributed by atoms with E-state index in [0.29, 0.717) is 17.9 Å². The monoisotopic (exact) mass is 290 g/mol. The number of aliphatic hydroxyl groups excluding tert-OH is 2. The summed E-state index contributed by atoms with van der Waals surface area (Å²) in [5.74, 6) is 0.407. The van der Waals surface area contributed by atoms with Crippen molar-refractivity contribution >= 4 is 22.9 Å². The first-order valence-electron chi connectivity index (χ1n) is 6.83. The van der Waals surface area contributed by atoms with Gasteiger partial charge in [0.05, 0.1) is 18.1 Å². The zero-order valence-corrected chi connectivity index (χ0v) is 11.7. The van der Waals surface area contributed by atoms with E-state index in [1.54, 1.807) is 0 Å². The van der Waals surface area contributed by atoms with E-state index in [0.717, 1.165) is 10.9 Å². The van der Waals surface area contributed by atoms with Crippen molar-refractivity contribution < 1.29 is 14.9 Å². The molecule has 0 amide bonds. The Labute approximate surface area is 121 Å². The fourth-order valence-corrected chi connectivity index (χ4v) is 2.71. The molecule has 4 N–H and O–H groups in total. The SMILES string of the molecule is C/C=C/c1cn([C@H]2C[C@H](O)[C@@H](CO)O2)c2ncnc(N)c12. The Bertz CT molecular complexity index is 682. The van der Waals surface area contributed by atoms with Crippen molar-refractivity contribution in [2.24, 2.45) is 0 Å². The third-order valence-corrected chi connectivity index (χ3v) is 3.71. The van der Waals surface area contributed by atoms with Gasteiger partial charge in [0.2, 0.25) is 0 Å². The van der Waals surface area contributed by atoms with Crippen LogP contribution in [-0.4, -0.2) is 43.6 Å². The van der Waals surface area contributed by atoms with Gasteiger partial charge in [0.25, 0.3) is 0 Å². The van der Waals surface area contributed by atoms with Crippen LogP contribution in [0.5, 0.6) is 0 Å². The van der Waals surface area contributed by atoms with Gasteiger partial charge in [-0.2, -0.15) is 0 Å². The molecule has 1 saturated heterocycles. The molecule has 1 fully saturated rings. The topological polar surface area (TPSA) is 106 Å². The molecule has 1 aliphatic rings. The maximum Gasteiger partial charge on any atom is 0.148 e. The predicted octanol–water partition coefficient (Wildman–Crippen LogP) is 0.687. The Morgan fingerprint density at radius 1 is 1.52 bits per heavy atom. The second kappa shape index (κ2) is 5.44. The van der Waals surface area contributed by atoms with Gasteiger partial charge in [-0.3, -0.25) is 0 Å². The van der Waals surface area contributed by atoms with Gasteiger partial charge >= 0.3 is 0 Å². The lowest BCUT2D eigenvalue weighted by atomic mass is 10.2. The number of nitrogens with zero attached hydrogens (tertiary/aromatic N) is 3. The summed E-state index contributed by atoms with van der Waals surface area (Å²) < 4.78 is 7.52. The molecule has 0 aliphatic carbocycles. The lowest BCUT2D eigenvalue weighted by Gasteiger charge is -2.14. The van der Waals surface area contributed by atoms with Crippen LogP contribution in [0.4, 0.5) is 5.82 Å². The van der Waals surface area contributed by atoms with Crippen molar-refractivity contribution in [3.8, 4) is 0 Å². The second-order valence-corrected chi connectivity index (χ2v) is 5.06. The number of fused-ring (bicyclic) bond motifs is 1. The number of nitrogens with two attached hydrogens (primary N) is 1. The molecule has 3 rings (SSSR count). The Hall–Kier alpha value is -1.96. The highest BCUT2D eigenvalue weighted by Gasteiger charge is 2.35. The Morgan fingerprint density at radius 3 is 3.00 bits per heavy atom. The number of rotatable bonds is 3. The zero-order valence-electron chi connectivity index (χ0n) is 11.7. The van der Waals surface area contributed by atoms with E-state index in [2.05, 4.69) is 9.97 Å². The fourth-order valence-electron chi connectivity index (χ4n) is 2.71. The lowest BCUT2D eigenvalue weighted by Crippen LogP contribution is -2.24. The normalized spacial score (nSPS) is 26.1. The van der Waals surface area contributed by atoms with Crippen LogP contribution >= 0.6 is 0 Å². The second-order valence-electron chi connectivity index (χ2n) is 5.06. The number of aliphatic hydroxyl groups is 2. The van der Waals surface area contributed by atoms with Crippen LogP contribution < -0.4 is 5.73 Å². The van der Waals surface area contributed by atoms with Gasteiger partial charge in [-0.25, -0.2) is 9.97 Å². The van der Waals surface area contributed by atoms with E-state index < -0.39 is 12.2 Å². The molecular weight excluding hydrogens is 272 g/mol. The maximum atomic E-state index is 9.89. The number of hydrogen-bond acceptors (Lipinski definition) is 6. The van der Waals surface area contributed by atoms with Crippen molar-refractivity contribution in [3.63, 3.8) is 0 Å². The van der Waals surface area contributed by atoms with Gasteiger partial charge in [-0.15, -0.1) is 0 Å². The number of ether oxygens (including phenoxy) is 1. The van der Waals surface area contributed by atoms with E-state index in [-0.39, 0.29) is 12.8 Å². The summed E-state index contributed by atoms with van der Waals surface area (Å²) >= 11 is 0. The standard InChI is InChI=1S/C14H18N4O3/c1-2-3-8-5-18(11-4-9(20)10(6-19)21-11)14-12(8)13(15)16-7-17-14/h2-3,5,7,9-11,19-20H,4,6H2,1H3,(H2,15,16,17)/b3-2+/t9-,10+,11+/m0/s1. The highest BCUT2D eigenvalue weighted by atomic mass is 16.5. The fraction of sp³-hybridized carbons (Fsp3) is 0.429. The molecule has 3 heterocycles. The summed E-state index contributed by atoms with van der Waals surface area (Å²) in [6.07, 6.45) is 5.87. The van der Waals surface area contributed by atoms with Gasteiger partial charge in [0, 0.05) is 18.2 Å². The van der Waals surface area contributed by atoms with Crippen LogP contribution in [0.25, 0.3) is 17.1 Å². The Balaban J connectivity index is 2.10. The molecule has 0 saturated carbocycles. The summed E-state index contributed by atoms with van der Waals surface area (Å²) in [6.45, 7) is 1.70. The van der Waals surface area contributed by atoms with Crippen molar-refractivity contribution in [3.05, 3.63) is 24.2 Å². The van der Waals surface area contributed by atoms with Crippen LogP contribution in [0.3, 0.4) is 0 Å². The molecule has 2 aromatic rings. The van der Waals surface area contributed by atoms with E-state index in [9.17, 15) is 10.2 Å². The molecule has 21 heavy (non-hydrogen) atoms. The first-order chi connectivity index (χ1) is 10.2. The number of nitrogen functional groups attached to an aromatic ring is 1. The Kier molecular flexibility index (Phi) is 3.62. The third kappa shape index (κ3) is 2.29. The van der Waals surface area contributed by atoms with Crippen LogP contribution in [0.2, 0.25) is 0 Å². The highest BCUT2D eigenvalue weighted by molar-refractivity contribution is 5.94. The molecule has 1 aliphatic heterocycles. The minimum Gasteiger partial charge on any atom is -0.394 e. The van der Waals surface area contributed by atoms with Crippen molar-refractivity contribution in [2.75, 3.05) is 12.3 Å². The van der Waals surface area contributed by atoms with Gasteiger partial charge in [0.1, 0.15) is 30.1 Å². The van der Waals surface area contributed by atoms with Gasteiger partial charge in [-0.05, 0) is 6.92 Å². The minimum absolute atomic E-state index is 0.213. The average molecular weight is 290 g/mol. The molecule has 7 heteroatoms. The van der Waals surface area contributed by atoms with Gasteiger partial charge < -0.3 is 25.3 Å². The van der Waals surface area contributed by atoms with Crippen molar-refractivity contribution in [2.45, 2.75) is 31.8 Å². The summed E-state index contributed by atoms with van der Waals surface area (Å²) in [6, 6.07) is 0. The minimum atomic E-state index is -0.693. The summed E-state index contributed by atoms with van der Waals surface area (Å²) in [4.78, 5) is 8.30. The van der Waals surface area contributed by atoms with Crippen LogP contribution in [-0.2, 0) is 4.74 Å². The predicted molar refractivity (Wildman–Crippen MR) is 78.3 cm³/mol. The summed E-state index contributed by atoms with van der Waals surface area (Å²) in [5.41, 5.74) is 7.51. The van der Waals surface area contributed by atoms with Crippen LogP contribution in [0.15, 0.2) is 18.6 Å². The molecule has 0 unspecified atom stereocenters. The number of anilines is 1. The zero-order chi connectivity index (χ0) is 15.0. The number of hydrogen-bond donors (Lipinski definition) is 3. The summed E-state index contributed by atoms with van der Waals surface area (Å²) in [5, 5.41) is 19.8. The molecule has 2 aromatic heterocycles. The van der Waals surface area contributed by atoms with Crippen molar-refractivity contribution in [1.29, 1.82) is 0 Å². The molecule has 0 radical (unpaired) electrons. The van der Waals surface area contributed by atoms with E-state index >= 15 is 0 Å². The maximum absolute atomic E-state index is 9.89. The van der Waals surface area contributed by atoms with E-state index in [1.165, 1.54) is 6.33 Å². The van der Waals surface area contributed by atoms with Crippen LogP contribution in [0.1, 0.15) is 25.1 Å². The molecule has 0 aromatic carbocycles. The smallest absolute Gasteiger partial charge is 0.148 e. The van der Waals surface area contributed by atoms with Gasteiger partial charge in [-0.1, -0.05) is 12.2 Å². The quantitative estimate of drug-likeness (QED) is 0.767. The van der Waals surface area contributed by atoms with Crippen LogP contribution in [0, 0.1) is 0 Å². The Morgan fingerprint density at radius 2 is 2.33 bits per heavy atom. The molecule has 0 spiro atoms. The number of allylic oxidation sites excluding steroid dienone is 1. The molecular formula is C14H18N4O3. The molecule has 112 valence electrons. The third-order valence-electron chi connectivity index (χ3n) is 3.71. The van der Waals surface area contributed by atoms with Crippen molar-refractivity contribution in [1.82, 2.24) is 14.5 Å². The number of aromatic nitrogens is 3.